The van der Waals surface area contributed by atoms with Gasteiger partial charge in [0.2, 0.25) is 5.91 Å². The van der Waals surface area contributed by atoms with Crippen molar-refractivity contribution in [2.24, 2.45) is 5.92 Å². The Morgan fingerprint density at radius 3 is 2.35 bits per heavy atom. The van der Waals surface area contributed by atoms with E-state index in [-0.39, 0.29) is 50.2 Å². The highest BCUT2D eigenvalue weighted by atomic mass is 32.2. The molecule has 2 aliphatic heterocycles. The number of aromatic nitrogens is 1. The summed E-state index contributed by atoms with van der Waals surface area (Å²) in [6.07, 6.45) is -0.705. The predicted molar refractivity (Wildman–Crippen MR) is 205 cm³/mol. The number of hydrogen-bond acceptors (Lipinski definition) is 9. The molecule has 2 aliphatic rings. The van der Waals surface area contributed by atoms with E-state index in [1.807, 2.05) is 109 Å². The van der Waals surface area contributed by atoms with Gasteiger partial charge in [-0.2, -0.15) is 4.73 Å². The molecule has 2 N–H and O–H groups in total. The molecular formula is C43H41N3O8S. The number of thioether (sulfide) groups is 1. The van der Waals surface area contributed by atoms with Gasteiger partial charge in [-0.1, -0.05) is 122 Å². The van der Waals surface area contributed by atoms with E-state index in [1.54, 1.807) is 12.1 Å². The van der Waals surface area contributed by atoms with Gasteiger partial charge in [-0.05, 0) is 39.4 Å². The van der Waals surface area contributed by atoms with Crippen LogP contribution in [0.15, 0.2) is 133 Å². The van der Waals surface area contributed by atoms with Crippen molar-refractivity contribution in [1.29, 1.82) is 0 Å². The number of rotatable bonds is 12. The van der Waals surface area contributed by atoms with Gasteiger partial charge in [0.05, 0.1) is 31.8 Å². The minimum absolute atomic E-state index is 0.0421. The van der Waals surface area contributed by atoms with Gasteiger partial charge in [0.1, 0.15) is 12.6 Å². The third kappa shape index (κ3) is 8.90. The second kappa shape index (κ2) is 17.3. The molecule has 3 amide bonds. The van der Waals surface area contributed by atoms with Crippen molar-refractivity contribution >= 4 is 29.7 Å². The van der Waals surface area contributed by atoms with Crippen LogP contribution in [-0.4, -0.2) is 45.8 Å². The molecule has 7 rings (SSSR count). The quantitative estimate of drug-likeness (QED) is 0.0622. The molecule has 2 saturated heterocycles. The number of carbonyl (C=O) groups excluding carboxylic acids is 3. The maximum absolute atomic E-state index is 13.3. The van der Waals surface area contributed by atoms with Gasteiger partial charge in [0.15, 0.2) is 12.5 Å². The summed E-state index contributed by atoms with van der Waals surface area (Å²) in [5, 5.41) is 25.1. The largest absolute Gasteiger partial charge is 0.618 e. The second-order valence-electron chi connectivity index (χ2n) is 13.6. The average Bonchev–Trinajstić information content (AvgIpc) is 3.48. The number of nitrogens with one attached hydrogen (secondary N) is 1. The number of pyridine rings is 1. The Morgan fingerprint density at radius 1 is 0.891 bits per heavy atom. The third-order valence-corrected chi connectivity index (χ3v) is 11.0. The first kappa shape index (κ1) is 37.8. The number of hydrogen-bond donors (Lipinski definition) is 2. The van der Waals surface area contributed by atoms with Crippen molar-refractivity contribution < 1.29 is 38.4 Å². The highest BCUT2D eigenvalue weighted by Gasteiger charge is 2.41. The van der Waals surface area contributed by atoms with Crippen molar-refractivity contribution in [3.8, 4) is 11.1 Å². The van der Waals surface area contributed by atoms with E-state index in [1.165, 1.54) is 22.9 Å². The molecule has 1 aromatic heterocycles. The maximum Gasteiger partial charge on any atom is 0.408 e. The summed E-state index contributed by atoms with van der Waals surface area (Å²) < 4.78 is 19.3. The molecule has 0 aliphatic carbocycles. The van der Waals surface area contributed by atoms with Crippen molar-refractivity contribution in [2.45, 2.75) is 62.7 Å². The average molecular weight is 760 g/mol. The molecule has 5 aromatic rings. The maximum atomic E-state index is 13.3. The number of likely N-dealkylation sites (tertiary alicyclic amines) is 1. The van der Waals surface area contributed by atoms with Gasteiger partial charge in [-0.15, -0.1) is 0 Å². The smallest absolute Gasteiger partial charge is 0.408 e. The van der Waals surface area contributed by atoms with E-state index in [4.69, 9.17) is 14.2 Å². The molecule has 0 bridgehead atoms. The van der Waals surface area contributed by atoms with Gasteiger partial charge >= 0.3 is 6.09 Å². The first-order chi connectivity index (χ1) is 26.8. The van der Waals surface area contributed by atoms with Gasteiger partial charge in [0.25, 0.3) is 10.9 Å². The zero-order chi connectivity index (χ0) is 38.3. The number of amides is 3. The Labute approximate surface area is 323 Å². The summed E-state index contributed by atoms with van der Waals surface area (Å²) >= 11 is 1.43. The molecule has 0 radical (unpaired) electrons. The molecule has 1 unspecified atom stereocenters. The number of aliphatic hydroxyl groups is 1. The van der Waals surface area contributed by atoms with Crippen molar-refractivity contribution in [3.63, 3.8) is 0 Å². The summed E-state index contributed by atoms with van der Waals surface area (Å²) in [6.45, 7) is 2.11. The summed E-state index contributed by atoms with van der Waals surface area (Å²) in [5.41, 5.74) is 5.86. The Hall–Kier alpha value is -5.53. The van der Waals surface area contributed by atoms with E-state index < -0.39 is 24.3 Å². The lowest BCUT2D eigenvalue weighted by Crippen LogP contribution is -2.41. The fourth-order valence-electron chi connectivity index (χ4n) is 6.80. The number of carbonyl (C=O) groups is 3. The molecule has 0 spiro atoms. The number of alkyl carbamates (subject to hydrolysis) is 1. The molecular weight excluding hydrogens is 719 g/mol. The number of benzene rings is 4. The van der Waals surface area contributed by atoms with Crippen LogP contribution in [-0.2, 0) is 43.6 Å². The minimum atomic E-state index is -1.01. The van der Waals surface area contributed by atoms with Gasteiger partial charge < -0.3 is 29.8 Å². The van der Waals surface area contributed by atoms with Crippen LogP contribution in [0.4, 0.5) is 4.79 Å². The van der Waals surface area contributed by atoms with E-state index >= 15 is 0 Å². The molecule has 55 heavy (non-hydrogen) atoms. The minimum Gasteiger partial charge on any atom is -0.618 e. The standard InChI is InChI=1S/C43H41N3O8S/c1-28-37(27-55-39-13-7-8-22-46(39)51)53-42(54-40(28)32-16-14-29(25-47)15-17-32)33-20-18-31(19-21-33)35-12-6-5-11-34(35)24-45-38(48)23-36(41(45)49)44-43(50)52-26-30-9-3-2-4-10-30/h2-22,28,36-37,40,42,47H,23-27H2,1H3,(H,44,50)/t28-,36?,37+,40+,42+/m0/s1. The monoisotopic (exact) mass is 759 g/mol. The normalized spacial score (nSPS) is 21.1. The van der Waals surface area contributed by atoms with E-state index in [0.29, 0.717) is 10.8 Å². The lowest BCUT2D eigenvalue weighted by atomic mass is 9.91. The van der Waals surface area contributed by atoms with Crippen molar-refractivity contribution in [2.75, 3.05) is 5.75 Å². The zero-order valence-corrected chi connectivity index (χ0v) is 31.0. The van der Waals surface area contributed by atoms with Crippen LogP contribution in [0.3, 0.4) is 0 Å². The number of ether oxygens (including phenoxy) is 3. The van der Waals surface area contributed by atoms with Gasteiger partial charge in [-0.3, -0.25) is 14.5 Å². The van der Waals surface area contributed by atoms with Crippen molar-refractivity contribution in [3.05, 3.63) is 161 Å². The molecule has 2 fully saturated rings. The summed E-state index contributed by atoms with van der Waals surface area (Å²) in [7, 11) is 0. The Balaban J connectivity index is 1.05. The molecule has 0 saturated carbocycles. The van der Waals surface area contributed by atoms with E-state index in [0.717, 1.165) is 43.7 Å². The lowest BCUT2D eigenvalue weighted by molar-refractivity contribution is -0.645. The summed E-state index contributed by atoms with van der Waals surface area (Å²) in [6, 6.07) is 36.6. The number of aliphatic hydroxyl groups excluding tert-OH is 1. The van der Waals surface area contributed by atoms with Crippen LogP contribution in [0, 0.1) is 11.1 Å². The first-order valence-electron chi connectivity index (χ1n) is 18.1. The van der Waals surface area contributed by atoms with Crippen LogP contribution in [0.5, 0.6) is 0 Å². The van der Waals surface area contributed by atoms with Crippen LogP contribution in [0.2, 0.25) is 0 Å². The topological polar surface area (TPSA) is 141 Å². The van der Waals surface area contributed by atoms with Crippen LogP contribution in [0.25, 0.3) is 11.1 Å². The molecule has 4 aromatic carbocycles. The fourth-order valence-corrected chi connectivity index (χ4v) is 7.88. The Morgan fingerprint density at radius 2 is 1.60 bits per heavy atom. The van der Waals surface area contributed by atoms with Crippen LogP contribution in [0.1, 0.15) is 53.6 Å². The van der Waals surface area contributed by atoms with Gasteiger partial charge in [-0.25, -0.2) is 4.79 Å². The molecule has 5 atom stereocenters. The first-order valence-corrected chi connectivity index (χ1v) is 19.1. The molecule has 11 nitrogen and oxygen atoms in total. The summed E-state index contributed by atoms with van der Waals surface area (Å²) in [4.78, 5) is 40.0. The molecule has 12 heteroatoms. The SMILES string of the molecule is C[C@H]1[C@@H](CSc2cccc[n+]2[O-])O[C@@H](c2ccc(-c3ccccc3CN3C(=O)CC(NC(=O)OCc4ccccc4)C3=O)cc2)O[C@H]1c1ccc(CO)cc1. The predicted octanol–water partition coefficient (Wildman–Crippen LogP) is 6.62. The Kier molecular flexibility index (Phi) is 11.9. The lowest BCUT2D eigenvalue weighted by Gasteiger charge is -2.41. The van der Waals surface area contributed by atoms with Crippen LogP contribution < -0.4 is 10.0 Å². The van der Waals surface area contributed by atoms with E-state index in [9.17, 15) is 24.7 Å². The van der Waals surface area contributed by atoms with Crippen molar-refractivity contribution in [1.82, 2.24) is 10.2 Å². The van der Waals surface area contributed by atoms with E-state index in [2.05, 4.69) is 12.2 Å². The highest BCUT2D eigenvalue weighted by Crippen LogP contribution is 2.43. The fraction of sp³-hybridized carbons (Fsp3) is 0.256. The number of imide groups is 1. The third-order valence-electron chi connectivity index (χ3n) is 9.90. The van der Waals surface area contributed by atoms with Gasteiger partial charge in [0, 0.05) is 29.4 Å². The molecule has 282 valence electrons. The number of nitrogens with zero attached hydrogens (tertiary/aromatic N) is 2. The summed E-state index contributed by atoms with van der Waals surface area (Å²) in [5.74, 6) is -0.388. The molecule has 3 heterocycles. The van der Waals surface area contributed by atoms with Crippen LogP contribution >= 0.6 is 11.8 Å². The highest BCUT2D eigenvalue weighted by molar-refractivity contribution is 7.99. The second-order valence-corrected chi connectivity index (χ2v) is 14.6. The zero-order valence-electron chi connectivity index (χ0n) is 30.2. The Bertz CT molecular complexity index is 2120.